The van der Waals surface area contributed by atoms with E-state index in [-0.39, 0.29) is 5.56 Å². The Labute approximate surface area is 154 Å². The third-order valence-electron chi connectivity index (χ3n) is 4.96. The van der Waals surface area contributed by atoms with Crippen molar-refractivity contribution in [3.63, 3.8) is 0 Å². The molecule has 8 heteroatoms. The summed E-state index contributed by atoms with van der Waals surface area (Å²) >= 11 is 0. The number of anilines is 1. The van der Waals surface area contributed by atoms with E-state index >= 15 is 0 Å². The fourth-order valence-corrected chi connectivity index (χ4v) is 3.54. The number of alkyl halides is 2. The molecule has 1 aromatic carbocycles. The van der Waals surface area contributed by atoms with E-state index in [0.717, 1.165) is 18.2 Å². The van der Waals surface area contributed by atoms with Crippen LogP contribution in [0.25, 0.3) is 10.9 Å². The van der Waals surface area contributed by atoms with E-state index in [1.54, 1.807) is 23.0 Å². The van der Waals surface area contributed by atoms with Crippen molar-refractivity contribution >= 4 is 16.7 Å². The number of rotatable bonds is 4. The number of nitrogens with zero attached hydrogens (tertiary/aromatic N) is 5. The molecule has 1 saturated heterocycles. The SMILES string of the molecule is O=c1ccncn1CC1CCN(c2nc(C(F)F)nc3ccccc23)CC1. The number of fused-ring (bicyclic) bond motifs is 1. The predicted molar refractivity (Wildman–Crippen MR) is 97.9 cm³/mol. The lowest BCUT2D eigenvalue weighted by Crippen LogP contribution is -2.37. The molecule has 4 rings (SSSR count). The van der Waals surface area contributed by atoms with Crippen molar-refractivity contribution in [1.29, 1.82) is 0 Å². The number of hydrogen-bond acceptors (Lipinski definition) is 5. The van der Waals surface area contributed by atoms with Crippen LogP contribution in [-0.2, 0) is 6.54 Å². The summed E-state index contributed by atoms with van der Waals surface area (Å²) in [7, 11) is 0. The highest BCUT2D eigenvalue weighted by Gasteiger charge is 2.24. The van der Waals surface area contributed by atoms with Gasteiger partial charge in [-0.3, -0.25) is 9.36 Å². The van der Waals surface area contributed by atoms with Gasteiger partial charge in [0.1, 0.15) is 5.82 Å². The van der Waals surface area contributed by atoms with Gasteiger partial charge in [-0.15, -0.1) is 0 Å². The van der Waals surface area contributed by atoms with Crippen molar-refractivity contribution in [3.8, 4) is 0 Å². The second-order valence-corrected chi connectivity index (χ2v) is 6.72. The van der Waals surface area contributed by atoms with E-state index in [0.29, 0.717) is 36.9 Å². The Hall–Kier alpha value is -2.90. The van der Waals surface area contributed by atoms with E-state index in [2.05, 4.69) is 15.0 Å². The standard InChI is InChI=1S/C19H19F2N5O/c20-17(21)18-23-15-4-2-1-3-14(15)19(24-18)25-9-6-13(7-10-25)11-26-12-22-8-5-16(26)27/h1-5,8,12-13,17H,6-7,9-11H2. The first-order valence-corrected chi connectivity index (χ1v) is 8.92. The summed E-state index contributed by atoms with van der Waals surface area (Å²) in [5, 5.41) is 0.781. The molecule has 3 heterocycles. The molecule has 0 spiro atoms. The van der Waals surface area contributed by atoms with E-state index in [1.165, 1.54) is 12.3 Å². The van der Waals surface area contributed by atoms with Crippen LogP contribution in [0.3, 0.4) is 0 Å². The minimum atomic E-state index is -2.71. The van der Waals surface area contributed by atoms with Crippen LogP contribution in [0.2, 0.25) is 0 Å². The van der Waals surface area contributed by atoms with Gasteiger partial charge >= 0.3 is 0 Å². The summed E-state index contributed by atoms with van der Waals surface area (Å²) in [5.74, 6) is 0.464. The van der Waals surface area contributed by atoms with Gasteiger partial charge in [0.25, 0.3) is 12.0 Å². The second-order valence-electron chi connectivity index (χ2n) is 6.72. The quantitative estimate of drug-likeness (QED) is 0.705. The highest BCUT2D eigenvalue weighted by atomic mass is 19.3. The van der Waals surface area contributed by atoms with Crippen LogP contribution in [0, 0.1) is 5.92 Å². The Balaban J connectivity index is 1.54. The molecular formula is C19H19F2N5O. The highest BCUT2D eigenvalue weighted by Crippen LogP contribution is 2.30. The first kappa shape index (κ1) is 17.5. The average molecular weight is 371 g/mol. The van der Waals surface area contributed by atoms with Gasteiger partial charge in [-0.1, -0.05) is 12.1 Å². The normalized spacial score (nSPS) is 15.6. The Bertz CT molecular complexity index is 999. The van der Waals surface area contributed by atoms with E-state index in [4.69, 9.17) is 0 Å². The lowest BCUT2D eigenvalue weighted by atomic mass is 9.96. The van der Waals surface area contributed by atoms with Gasteiger partial charge in [0.2, 0.25) is 0 Å². The topological polar surface area (TPSA) is 63.9 Å². The van der Waals surface area contributed by atoms with Gasteiger partial charge in [-0.25, -0.2) is 23.7 Å². The van der Waals surface area contributed by atoms with E-state index in [1.807, 2.05) is 17.0 Å². The Kier molecular flexibility index (Phi) is 4.79. The summed E-state index contributed by atoms with van der Waals surface area (Å²) in [6.07, 6.45) is 2.04. The molecule has 0 unspecified atom stereocenters. The maximum Gasteiger partial charge on any atom is 0.297 e. The number of hydrogen-bond donors (Lipinski definition) is 0. The Morgan fingerprint density at radius 3 is 2.63 bits per heavy atom. The summed E-state index contributed by atoms with van der Waals surface area (Å²) in [4.78, 5) is 26.0. The first-order valence-electron chi connectivity index (χ1n) is 8.92. The zero-order chi connectivity index (χ0) is 18.8. The van der Waals surface area contributed by atoms with Gasteiger partial charge in [0, 0.05) is 37.3 Å². The fourth-order valence-electron chi connectivity index (χ4n) is 3.54. The molecule has 0 bridgehead atoms. The Morgan fingerprint density at radius 1 is 1.11 bits per heavy atom. The van der Waals surface area contributed by atoms with Crippen LogP contribution in [0.15, 0.2) is 47.7 Å². The molecule has 1 aliphatic heterocycles. The molecule has 140 valence electrons. The third kappa shape index (κ3) is 3.65. The lowest BCUT2D eigenvalue weighted by molar-refractivity contribution is 0.141. The number of piperidine rings is 1. The fraction of sp³-hybridized carbons (Fsp3) is 0.368. The van der Waals surface area contributed by atoms with Crippen molar-refractivity contribution in [2.24, 2.45) is 5.92 Å². The summed E-state index contributed by atoms with van der Waals surface area (Å²) in [6.45, 7) is 2.01. The number of halogens is 2. The summed E-state index contributed by atoms with van der Waals surface area (Å²) in [5.41, 5.74) is 0.470. The molecule has 6 nitrogen and oxygen atoms in total. The first-order chi connectivity index (χ1) is 13.1. The Morgan fingerprint density at radius 2 is 1.89 bits per heavy atom. The summed E-state index contributed by atoms with van der Waals surface area (Å²) in [6, 6.07) is 8.69. The van der Waals surface area contributed by atoms with Gasteiger partial charge in [-0.05, 0) is 30.9 Å². The minimum absolute atomic E-state index is 0.0594. The molecular weight excluding hydrogens is 352 g/mol. The molecule has 0 aliphatic carbocycles. The predicted octanol–water partition coefficient (Wildman–Crippen LogP) is 3.04. The highest BCUT2D eigenvalue weighted by molar-refractivity contribution is 5.89. The number of aromatic nitrogens is 4. The smallest absolute Gasteiger partial charge is 0.297 e. The maximum atomic E-state index is 13.2. The zero-order valence-corrected chi connectivity index (χ0v) is 14.6. The second kappa shape index (κ2) is 7.38. The van der Waals surface area contributed by atoms with Crippen LogP contribution >= 0.6 is 0 Å². The van der Waals surface area contributed by atoms with Crippen molar-refractivity contribution in [2.45, 2.75) is 25.8 Å². The van der Waals surface area contributed by atoms with Crippen LogP contribution in [0.4, 0.5) is 14.6 Å². The molecule has 1 fully saturated rings. The maximum absolute atomic E-state index is 13.2. The number of para-hydroxylation sites is 1. The third-order valence-corrected chi connectivity index (χ3v) is 4.96. The van der Waals surface area contributed by atoms with Crippen molar-refractivity contribution < 1.29 is 8.78 Å². The molecule has 0 N–H and O–H groups in total. The van der Waals surface area contributed by atoms with Crippen LogP contribution < -0.4 is 10.5 Å². The largest absolute Gasteiger partial charge is 0.356 e. The van der Waals surface area contributed by atoms with Gasteiger partial charge in [-0.2, -0.15) is 0 Å². The van der Waals surface area contributed by atoms with E-state index in [9.17, 15) is 13.6 Å². The molecule has 1 aliphatic rings. The molecule has 27 heavy (non-hydrogen) atoms. The molecule has 0 radical (unpaired) electrons. The van der Waals surface area contributed by atoms with Crippen molar-refractivity contribution in [2.75, 3.05) is 18.0 Å². The van der Waals surface area contributed by atoms with Gasteiger partial charge in [0.15, 0.2) is 5.82 Å². The van der Waals surface area contributed by atoms with Crippen LogP contribution in [0.5, 0.6) is 0 Å². The van der Waals surface area contributed by atoms with Gasteiger partial charge in [0.05, 0.1) is 11.8 Å². The van der Waals surface area contributed by atoms with Crippen LogP contribution in [-0.4, -0.2) is 32.6 Å². The lowest BCUT2D eigenvalue weighted by Gasteiger charge is -2.33. The molecule has 0 amide bonds. The summed E-state index contributed by atoms with van der Waals surface area (Å²) < 4.78 is 28.0. The molecule has 0 atom stereocenters. The minimum Gasteiger partial charge on any atom is -0.356 e. The monoisotopic (exact) mass is 371 g/mol. The molecule has 2 aromatic heterocycles. The average Bonchev–Trinajstić information content (AvgIpc) is 2.69. The van der Waals surface area contributed by atoms with Gasteiger partial charge < -0.3 is 4.90 Å². The molecule has 3 aromatic rings. The number of benzene rings is 1. The van der Waals surface area contributed by atoms with E-state index < -0.39 is 12.2 Å². The zero-order valence-electron chi connectivity index (χ0n) is 14.6. The van der Waals surface area contributed by atoms with Crippen molar-refractivity contribution in [3.05, 3.63) is 59.0 Å². The van der Waals surface area contributed by atoms with Crippen LogP contribution in [0.1, 0.15) is 25.1 Å². The van der Waals surface area contributed by atoms with Crippen molar-refractivity contribution in [1.82, 2.24) is 19.5 Å². The molecule has 0 saturated carbocycles.